The van der Waals surface area contributed by atoms with E-state index in [1.54, 1.807) is 0 Å². The summed E-state index contributed by atoms with van der Waals surface area (Å²) < 4.78 is 6.26. The zero-order valence-corrected chi connectivity index (χ0v) is 13.5. The van der Waals surface area contributed by atoms with Gasteiger partial charge in [0, 0.05) is 25.2 Å². The summed E-state index contributed by atoms with van der Waals surface area (Å²) in [4.78, 5) is 2.93. The fourth-order valence-electron chi connectivity index (χ4n) is 5.02. The lowest BCUT2D eigenvalue weighted by molar-refractivity contribution is -0.104. The van der Waals surface area contributed by atoms with E-state index in [0.717, 1.165) is 24.6 Å². The zero-order chi connectivity index (χ0) is 14.1. The van der Waals surface area contributed by atoms with E-state index in [1.807, 2.05) is 0 Å². The van der Waals surface area contributed by atoms with E-state index in [1.165, 1.54) is 83.8 Å². The van der Waals surface area contributed by atoms with Crippen LogP contribution in [0.4, 0.5) is 0 Å². The Morgan fingerprint density at radius 1 is 0.952 bits per heavy atom. The number of piperidine rings is 1. The lowest BCUT2D eigenvalue weighted by Crippen LogP contribution is -2.50. The topological polar surface area (TPSA) is 24.5 Å². The predicted octanol–water partition coefficient (Wildman–Crippen LogP) is 2.94. The van der Waals surface area contributed by atoms with Crippen molar-refractivity contribution in [1.29, 1.82) is 0 Å². The molecule has 1 N–H and O–H groups in total. The molecule has 2 aliphatic carbocycles. The van der Waals surface area contributed by atoms with Crippen LogP contribution in [0.2, 0.25) is 0 Å². The summed E-state index contributed by atoms with van der Waals surface area (Å²) in [5.41, 5.74) is 0.282. The molecule has 120 valence electrons. The van der Waals surface area contributed by atoms with Crippen LogP contribution < -0.4 is 5.32 Å². The number of nitrogens with zero attached hydrogens (tertiary/aromatic N) is 1. The molecular formula is C18H32N2O. The van der Waals surface area contributed by atoms with Gasteiger partial charge in [-0.3, -0.25) is 4.90 Å². The first-order valence-corrected chi connectivity index (χ1v) is 9.45. The van der Waals surface area contributed by atoms with Crippen LogP contribution in [-0.4, -0.2) is 48.8 Å². The Morgan fingerprint density at radius 3 is 2.43 bits per heavy atom. The minimum Gasteiger partial charge on any atom is -0.375 e. The molecule has 2 aliphatic heterocycles. The Bertz CT molecular complexity index is 343. The third-order valence-corrected chi connectivity index (χ3v) is 6.39. The van der Waals surface area contributed by atoms with E-state index in [4.69, 9.17) is 4.74 Å². The molecule has 21 heavy (non-hydrogen) atoms. The summed E-state index contributed by atoms with van der Waals surface area (Å²) in [6.07, 6.45) is 13.7. The monoisotopic (exact) mass is 292 g/mol. The number of ether oxygens (including phenoxy) is 1. The highest BCUT2D eigenvalue weighted by atomic mass is 16.5. The first kappa shape index (κ1) is 14.5. The van der Waals surface area contributed by atoms with Crippen molar-refractivity contribution in [3.05, 3.63) is 0 Å². The second-order valence-corrected chi connectivity index (χ2v) is 8.01. The first-order valence-electron chi connectivity index (χ1n) is 9.45. The van der Waals surface area contributed by atoms with Crippen molar-refractivity contribution in [1.82, 2.24) is 10.2 Å². The zero-order valence-electron chi connectivity index (χ0n) is 13.5. The first-order chi connectivity index (χ1) is 10.3. The number of nitrogens with one attached hydrogen (secondary N) is 1. The summed E-state index contributed by atoms with van der Waals surface area (Å²) in [7, 11) is 0. The summed E-state index contributed by atoms with van der Waals surface area (Å²) in [5, 5.41) is 3.51. The summed E-state index contributed by atoms with van der Waals surface area (Å²) in [5.74, 6) is 0.939. The predicted molar refractivity (Wildman–Crippen MR) is 85.5 cm³/mol. The molecule has 2 saturated carbocycles. The quantitative estimate of drug-likeness (QED) is 0.862. The number of hydrogen-bond acceptors (Lipinski definition) is 3. The third-order valence-electron chi connectivity index (χ3n) is 6.39. The molecule has 0 radical (unpaired) electrons. The molecule has 4 rings (SSSR count). The Labute approximate surface area is 129 Å². The Hall–Kier alpha value is -0.120. The van der Waals surface area contributed by atoms with Crippen LogP contribution in [-0.2, 0) is 4.74 Å². The largest absolute Gasteiger partial charge is 0.375 e. The molecule has 0 aromatic heterocycles. The molecule has 0 amide bonds. The van der Waals surface area contributed by atoms with Crippen LogP contribution in [0.15, 0.2) is 0 Å². The van der Waals surface area contributed by atoms with Crippen molar-refractivity contribution in [2.75, 3.05) is 26.2 Å². The summed E-state index contributed by atoms with van der Waals surface area (Å²) >= 11 is 0. The van der Waals surface area contributed by atoms with Gasteiger partial charge in [0.25, 0.3) is 0 Å². The van der Waals surface area contributed by atoms with Crippen LogP contribution >= 0.6 is 0 Å². The molecule has 0 bridgehead atoms. The van der Waals surface area contributed by atoms with E-state index in [2.05, 4.69) is 10.2 Å². The number of rotatable bonds is 4. The summed E-state index contributed by atoms with van der Waals surface area (Å²) in [6.45, 7) is 4.86. The lowest BCUT2D eigenvalue weighted by Gasteiger charge is -2.44. The molecule has 4 fully saturated rings. The van der Waals surface area contributed by atoms with Gasteiger partial charge in [0.2, 0.25) is 0 Å². The van der Waals surface area contributed by atoms with Gasteiger partial charge in [-0.2, -0.15) is 0 Å². The van der Waals surface area contributed by atoms with Gasteiger partial charge in [-0.05, 0) is 70.4 Å². The lowest BCUT2D eigenvalue weighted by atomic mass is 9.87. The Balaban J connectivity index is 1.40. The normalized spacial score (nSPS) is 33.9. The fourth-order valence-corrected chi connectivity index (χ4v) is 5.02. The smallest absolute Gasteiger partial charge is 0.0697 e. The van der Waals surface area contributed by atoms with Crippen LogP contribution in [0.25, 0.3) is 0 Å². The van der Waals surface area contributed by atoms with E-state index in [-0.39, 0.29) is 5.60 Å². The maximum atomic E-state index is 6.26. The van der Waals surface area contributed by atoms with Gasteiger partial charge in [-0.25, -0.2) is 0 Å². The fraction of sp³-hybridized carbons (Fsp3) is 1.00. The molecular weight excluding hydrogens is 260 g/mol. The molecule has 1 spiro atoms. The SMILES string of the molecule is C1CCC2(C1)CC(N(CC1CCNCC1)C1CC1)CCO2. The third kappa shape index (κ3) is 3.30. The van der Waals surface area contributed by atoms with Gasteiger partial charge in [-0.15, -0.1) is 0 Å². The highest BCUT2D eigenvalue weighted by Gasteiger charge is 2.44. The van der Waals surface area contributed by atoms with E-state index in [0.29, 0.717) is 0 Å². The van der Waals surface area contributed by atoms with Gasteiger partial charge in [0.15, 0.2) is 0 Å². The molecule has 2 heterocycles. The second-order valence-electron chi connectivity index (χ2n) is 8.01. The van der Waals surface area contributed by atoms with Crippen LogP contribution in [0.1, 0.15) is 64.2 Å². The minimum absolute atomic E-state index is 0.282. The van der Waals surface area contributed by atoms with Crippen LogP contribution in [0.3, 0.4) is 0 Å². The molecule has 4 aliphatic rings. The van der Waals surface area contributed by atoms with Crippen molar-refractivity contribution in [3.8, 4) is 0 Å². The van der Waals surface area contributed by atoms with Crippen LogP contribution in [0, 0.1) is 5.92 Å². The van der Waals surface area contributed by atoms with Gasteiger partial charge >= 0.3 is 0 Å². The second kappa shape index (κ2) is 6.17. The molecule has 1 atom stereocenters. The molecule has 0 aromatic rings. The van der Waals surface area contributed by atoms with Gasteiger partial charge < -0.3 is 10.1 Å². The van der Waals surface area contributed by atoms with Crippen molar-refractivity contribution in [2.45, 2.75) is 81.9 Å². The Morgan fingerprint density at radius 2 is 1.71 bits per heavy atom. The van der Waals surface area contributed by atoms with Crippen LogP contribution in [0.5, 0.6) is 0 Å². The molecule has 3 nitrogen and oxygen atoms in total. The molecule has 3 heteroatoms. The van der Waals surface area contributed by atoms with Gasteiger partial charge in [-0.1, -0.05) is 12.8 Å². The maximum Gasteiger partial charge on any atom is 0.0697 e. The molecule has 2 saturated heterocycles. The highest BCUT2D eigenvalue weighted by Crippen LogP contribution is 2.43. The number of hydrogen-bond donors (Lipinski definition) is 1. The van der Waals surface area contributed by atoms with Gasteiger partial charge in [0.05, 0.1) is 5.60 Å². The minimum atomic E-state index is 0.282. The summed E-state index contributed by atoms with van der Waals surface area (Å²) in [6, 6.07) is 1.74. The van der Waals surface area contributed by atoms with Crippen molar-refractivity contribution < 1.29 is 4.74 Å². The highest BCUT2D eigenvalue weighted by molar-refractivity contribution is 4.98. The van der Waals surface area contributed by atoms with E-state index >= 15 is 0 Å². The molecule has 0 aromatic carbocycles. The van der Waals surface area contributed by atoms with Crippen molar-refractivity contribution in [3.63, 3.8) is 0 Å². The van der Waals surface area contributed by atoms with Crippen molar-refractivity contribution >= 4 is 0 Å². The standard InChI is InChI=1S/C18H32N2O/c1-2-9-18(8-1)13-17(7-12-21-18)20(16-3-4-16)14-15-5-10-19-11-6-15/h15-17,19H,1-14H2. The maximum absolute atomic E-state index is 6.26. The van der Waals surface area contributed by atoms with Crippen molar-refractivity contribution in [2.24, 2.45) is 5.92 Å². The van der Waals surface area contributed by atoms with Gasteiger partial charge in [0.1, 0.15) is 0 Å². The van der Waals surface area contributed by atoms with E-state index in [9.17, 15) is 0 Å². The van der Waals surface area contributed by atoms with E-state index < -0.39 is 0 Å². The average Bonchev–Trinajstić information content (AvgIpc) is 3.28. The Kier molecular flexibility index (Phi) is 4.25. The molecule has 1 unspecified atom stereocenters. The average molecular weight is 292 g/mol.